The molecule has 0 aliphatic heterocycles. The van der Waals surface area contributed by atoms with Crippen LogP contribution in [-0.4, -0.2) is 9.38 Å². The molecular weight excluding hydrogens is 251 g/mol. The van der Waals surface area contributed by atoms with Crippen LogP contribution in [0.5, 0.6) is 0 Å². The van der Waals surface area contributed by atoms with E-state index in [1.165, 1.54) is 0 Å². The van der Waals surface area contributed by atoms with Crippen LogP contribution >= 0.6 is 27.5 Å². The van der Waals surface area contributed by atoms with Crippen LogP contribution in [0, 0.1) is 13.8 Å². The van der Waals surface area contributed by atoms with Crippen molar-refractivity contribution in [3.8, 4) is 0 Å². The average Bonchev–Trinajstić information content (AvgIpc) is 2.32. The summed E-state index contributed by atoms with van der Waals surface area (Å²) in [5.41, 5.74) is 2.96. The molecule has 0 radical (unpaired) electrons. The van der Waals surface area contributed by atoms with Gasteiger partial charge in [-0.15, -0.1) is 0 Å². The maximum atomic E-state index is 6.03. The Morgan fingerprint density at radius 1 is 1.46 bits per heavy atom. The first-order valence-corrected chi connectivity index (χ1v) is 5.07. The summed E-state index contributed by atoms with van der Waals surface area (Å²) in [5.74, 6) is 0. The zero-order valence-electron chi connectivity index (χ0n) is 7.31. The molecule has 0 N–H and O–H groups in total. The summed E-state index contributed by atoms with van der Waals surface area (Å²) >= 11 is 9.43. The van der Waals surface area contributed by atoms with Crippen LogP contribution in [0.15, 0.2) is 16.7 Å². The number of aromatic nitrogens is 2. The summed E-state index contributed by atoms with van der Waals surface area (Å²) in [4.78, 5) is 4.36. The molecule has 0 saturated carbocycles. The molecule has 0 unspecified atom stereocenters. The number of hydrogen-bond acceptors (Lipinski definition) is 1. The molecule has 0 fully saturated rings. The minimum atomic E-state index is 0.672. The summed E-state index contributed by atoms with van der Waals surface area (Å²) in [7, 11) is 0. The Labute approximate surface area is 89.7 Å². The van der Waals surface area contributed by atoms with Crippen LogP contribution in [0.2, 0.25) is 5.02 Å². The highest BCUT2D eigenvalue weighted by molar-refractivity contribution is 9.10. The Morgan fingerprint density at radius 2 is 2.15 bits per heavy atom. The molecule has 13 heavy (non-hydrogen) atoms. The minimum Gasteiger partial charge on any atom is -0.302 e. The first kappa shape index (κ1) is 9.03. The number of halogens is 2. The summed E-state index contributed by atoms with van der Waals surface area (Å²) < 4.78 is 2.95. The van der Waals surface area contributed by atoms with Gasteiger partial charge in [-0.1, -0.05) is 11.6 Å². The molecule has 68 valence electrons. The lowest BCUT2D eigenvalue weighted by Crippen LogP contribution is -1.87. The molecular formula is C9H8BrClN2. The van der Waals surface area contributed by atoms with Crippen molar-refractivity contribution in [1.29, 1.82) is 0 Å². The number of hydrogen-bond donors (Lipinski definition) is 0. The molecule has 0 spiro atoms. The molecule has 2 aromatic heterocycles. The monoisotopic (exact) mass is 258 g/mol. The Balaban J connectivity index is 2.94. The van der Waals surface area contributed by atoms with E-state index >= 15 is 0 Å². The number of imidazole rings is 1. The van der Waals surface area contributed by atoms with Crippen molar-refractivity contribution < 1.29 is 0 Å². The van der Waals surface area contributed by atoms with E-state index < -0.39 is 0 Å². The first-order chi connectivity index (χ1) is 6.09. The highest BCUT2D eigenvalue weighted by atomic mass is 79.9. The third-order valence-electron chi connectivity index (χ3n) is 2.12. The highest BCUT2D eigenvalue weighted by Crippen LogP contribution is 2.23. The van der Waals surface area contributed by atoms with Crippen LogP contribution in [0.25, 0.3) is 5.65 Å². The van der Waals surface area contributed by atoms with Gasteiger partial charge in [0.05, 0.1) is 10.7 Å². The number of fused-ring (bicyclic) bond motifs is 1. The molecule has 2 nitrogen and oxygen atoms in total. The normalized spacial score (nSPS) is 11.1. The van der Waals surface area contributed by atoms with Gasteiger partial charge >= 0.3 is 0 Å². The number of pyridine rings is 1. The van der Waals surface area contributed by atoms with E-state index in [-0.39, 0.29) is 0 Å². The fourth-order valence-electron chi connectivity index (χ4n) is 1.30. The molecule has 0 aromatic carbocycles. The molecule has 2 heterocycles. The van der Waals surface area contributed by atoms with Gasteiger partial charge in [0.2, 0.25) is 0 Å². The summed E-state index contributed by atoms with van der Waals surface area (Å²) in [6.07, 6.45) is 1.97. The Kier molecular flexibility index (Phi) is 2.08. The van der Waals surface area contributed by atoms with Gasteiger partial charge in [0.25, 0.3) is 0 Å². The maximum Gasteiger partial charge on any atom is 0.156 e. The van der Waals surface area contributed by atoms with Gasteiger partial charge in [0, 0.05) is 16.4 Å². The predicted molar refractivity (Wildman–Crippen MR) is 57.4 cm³/mol. The third-order valence-corrected chi connectivity index (χ3v) is 2.83. The van der Waals surface area contributed by atoms with Gasteiger partial charge in [-0.2, -0.15) is 0 Å². The van der Waals surface area contributed by atoms with Crippen molar-refractivity contribution in [2.45, 2.75) is 13.8 Å². The van der Waals surface area contributed by atoms with Gasteiger partial charge in [-0.05, 0) is 35.8 Å². The Morgan fingerprint density at radius 3 is 2.85 bits per heavy atom. The van der Waals surface area contributed by atoms with Crippen molar-refractivity contribution in [3.05, 3.63) is 33.1 Å². The van der Waals surface area contributed by atoms with Gasteiger partial charge in [0.1, 0.15) is 0 Å². The van der Waals surface area contributed by atoms with Crippen LogP contribution in [0.4, 0.5) is 0 Å². The molecule has 0 aliphatic carbocycles. The number of nitrogens with zero attached hydrogens (tertiary/aromatic N) is 2. The fraction of sp³-hybridized carbons (Fsp3) is 0.222. The second-order valence-electron chi connectivity index (χ2n) is 2.98. The zero-order valence-corrected chi connectivity index (χ0v) is 9.65. The molecule has 0 saturated heterocycles. The van der Waals surface area contributed by atoms with Crippen LogP contribution in [0.3, 0.4) is 0 Å². The van der Waals surface area contributed by atoms with Crippen LogP contribution in [0.1, 0.15) is 11.4 Å². The zero-order chi connectivity index (χ0) is 9.59. The summed E-state index contributed by atoms with van der Waals surface area (Å²) in [6.45, 7) is 4.00. The lowest BCUT2D eigenvalue weighted by atomic mass is 10.4. The SMILES string of the molecule is Cc1nc2c(Cl)cc(Br)cn2c1C. The summed E-state index contributed by atoms with van der Waals surface area (Å²) in [5, 5.41) is 0.672. The van der Waals surface area contributed by atoms with E-state index in [9.17, 15) is 0 Å². The van der Waals surface area contributed by atoms with Crippen molar-refractivity contribution in [2.24, 2.45) is 0 Å². The van der Waals surface area contributed by atoms with Gasteiger partial charge < -0.3 is 4.40 Å². The minimum absolute atomic E-state index is 0.672. The molecule has 0 aliphatic rings. The fourth-order valence-corrected chi connectivity index (χ4v) is 2.12. The largest absolute Gasteiger partial charge is 0.302 e. The summed E-state index contributed by atoms with van der Waals surface area (Å²) in [6, 6.07) is 1.85. The van der Waals surface area contributed by atoms with Crippen molar-refractivity contribution in [1.82, 2.24) is 9.38 Å². The van der Waals surface area contributed by atoms with Crippen molar-refractivity contribution in [3.63, 3.8) is 0 Å². The Hall–Kier alpha value is -0.540. The first-order valence-electron chi connectivity index (χ1n) is 3.90. The molecule has 4 heteroatoms. The second kappa shape index (κ2) is 3.00. The van der Waals surface area contributed by atoms with Gasteiger partial charge in [0.15, 0.2) is 5.65 Å². The van der Waals surface area contributed by atoms with Crippen LogP contribution in [-0.2, 0) is 0 Å². The van der Waals surface area contributed by atoms with Gasteiger partial charge in [-0.25, -0.2) is 4.98 Å². The van der Waals surface area contributed by atoms with E-state index in [4.69, 9.17) is 11.6 Å². The number of rotatable bonds is 0. The second-order valence-corrected chi connectivity index (χ2v) is 4.31. The number of aryl methyl sites for hydroxylation is 2. The van der Waals surface area contributed by atoms with E-state index in [0.29, 0.717) is 5.02 Å². The quantitative estimate of drug-likeness (QED) is 0.709. The average molecular weight is 260 g/mol. The topological polar surface area (TPSA) is 17.3 Å². The maximum absolute atomic E-state index is 6.03. The Bertz CT molecular complexity index is 476. The van der Waals surface area contributed by atoms with E-state index in [2.05, 4.69) is 20.9 Å². The van der Waals surface area contributed by atoms with Crippen molar-refractivity contribution >= 4 is 33.2 Å². The highest BCUT2D eigenvalue weighted by Gasteiger charge is 2.07. The molecule has 2 aromatic rings. The molecule has 0 bridgehead atoms. The van der Waals surface area contributed by atoms with Gasteiger partial charge in [-0.3, -0.25) is 0 Å². The predicted octanol–water partition coefficient (Wildman–Crippen LogP) is 3.37. The standard InChI is InChI=1S/C9H8BrClN2/c1-5-6(2)13-4-7(10)3-8(11)9(13)12-5/h3-4H,1-2H3. The van der Waals surface area contributed by atoms with E-state index in [1.54, 1.807) is 0 Å². The smallest absolute Gasteiger partial charge is 0.156 e. The lowest BCUT2D eigenvalue weighted by molar-refractivity contribution is 1.09. The lowest BCUT2D eigenvalue weighted by Gasteiger charge is -1.99. The van der Waals surface area contributed by atoms with Crippen LogP contribution < -0.4 is 0 Å². The van der Waals surface area contributed by atoms with E-state index in [1.807, 2.05) is 30.5 Å². The van der Waals surface area contributed by atoms with E-state index in [0.717, 1.165) is 21.5 Å². The molecule has 0 atom stereocenters. The molecule has 2 rings (SSSR count). The third kappa shape index (κ3) is 1.36. The van der Waals surface area contributed by atoms with Crippen molar-refractivity contribution in [2.75, 3.05) is 0 Å². The molecule has 0 amide bonds.